The van der Waals surface area contributed by atoms with Gasteiger partial charge in [-0.15, -0.1) is 0 Å². The van der Waals surface area contributed by atoms with Gasteiger partial charge in [-0.1, -0.05) is 29.8 Å². The number of carbonyl (C=O) groups excluding carboxylic acids is 2. The lowest BCUT2D eigenvalue weighted by atomic mass is 10.1. The number of aryl methyl sites for hydroxylation is 1. The number of rotatable bonds is 6. The molecular formula is C23H21ClN2O3. The van der Waals surface area contributed by atoms with Crippen LogP contribution in [0.2, 0.25) is 5.02 Å². The Labute approximate surface area is 174 Å². The molecule has 0 atom stereocenters. The van der Waals surface area contributed by atoms with E-state index in [9.17, 15) is 9.59 Å². The summed E-state index contributed by atoms with van der Waals surface area (Å²) in [6.45, 7) is 4.23. The van der Waals surface area contributed by atoms with E-state index in [1.807, 2.05) is 32.0 Å². The number of halogens is 1. The van der Waals surface area contributed by atoms with Crippen molar-refractivity contribution in [2.24, 2.45) is 0 Å². The molecule has 3 aromatic carbocycles. The number of nitrogens with one attached hydrogen (secondary N) is 2. The van der Waals surface area contributed by atoms with Crippen molar-refractivity contribution < 1.29 is 14.3 Å². The number of anilines is 2. The largest absolute Gasteiger partial charge is 0.492 e. The zero-order valence-corrected chi connectivity index (χ0v) is 16.9. The van der Waals surface area contributed by atoms with E-state index in [2.05, 4.69) is 10.6 Å². The molecule has 2 N–H and O–H groups in total. The highest BCUT2D eigenvalue weighted by molar-refractivity contribution is 6.32. The SMILES string of the molecule is CCOc1ccc(C(=O)Nc2ccc(NC(=O)c3ccccc3)c(C)c2)cc1Cl. The summed E-state index contributed by atoms with van der Waals surface area (Å²) in [4.78, 5) is 24.8. The van der Waals surface area contributed by atoms with Crippen LogP contribution in [0.25, 0.3) is 0 Å². The Morgan fingerprint density at radius 3 is 2.28 bits per heavy atom. The van der Waals surface area contributed by atoms with Crippen LogP contribution in [-0.4, -0.2) is 18.4 Å². The number of hydrogen-bond acceptors (Lipinski definition) is 3. The summed E-state index contributed by atoms with van der Waals surface area (Å²) >= 11 is 6.15. The molecule has 3 rings (SSSR count). The Morgan fingerprint density at radius 1 is 0.897 bits per heavy atom. The van der Waals surface area contributed by atoms with Crippen LogP contribution in [0.1, 0.15) is 33.2 Å². The lowest BCUT2D eigenvalue weighted by Gasteiger charge is -2.12. The van der Waals surface area contributed by atoms with E-state index in [1.54, 1.807) is 48.5 Å². The fourth-order valence-corrected chi connectivity index (χ4v) is 3.02. The van der Waals surface area contributed by atoms with Gasteiger partial charge in [-0.3, -0.25) is 9.59 Å². The van der Waals surface area contributed by atoms with Crippen molar-refractivity contribution in [1.82, 2.24) is 0 Å². The number of ether oxygens (including phenoxy) is 1. The third-order valence-corrected chi connectivity index (χ3v) is 4.56. The van der Waals surface area contributed by atoms with Gasteiger partial charge in [0.1, 0.15) is 5.75 Å². The Morgan fingerprint density at radius 2 is 1.62 bits per heavy atom. The van der Waals surface area contributed by atoms with Crippen molar-refractivity contribution in [3.63, 3.8) is 0 Å². The van der Waals surface area contributed by atoms with E-state index >= 15 is 0 Å². The predicted octanol–water partition coefficient (Wildman–Crippen LogP) is 5.55. The minimum Gasteiger partial charge on any atom is -0.492 e. The zero-order chi connectivity index (χ0) is 20.8. The Kier molecular flexibility index (Phi) is 6.52. The first-order valence-electron chi connectivity index (χ1n) is 9.18. The molecule has 0 saturated heterocycles. The Bertz CT molecular complexity index is 1040. The highest BCUT2D eigenvalue weighted by Crippen LogP contribution is 2.26. The van der Waals surface area contributed by atoms with Gasteiger partial charge in [0, 0.05) is 22.5 Å². The van der Waals surface area contributed by atoms with Crippen LogP contribution in [0, 0.1) is 6.92 Å². The third kappa shape index (κ3) is 5.15. The van der Waals surface area contributed by atoms with E-state index in [0.717, 1.165) is 5.56 Å². The monoisotopic (exact) mass is 408 g/mol. The summed E-state index contributed by atoms with van der Waals surface area (Å²) in [7, 11) is 0. The first-order valence-corrected chi connectivity index (χ1v) is 9.56. The fourth-order valence-electron chi connectivity index (χ4n) is 2.78. The highest BCUT2D eigenvalue weighted by Gasteiger charge is 2.12. The van der Waals surface area contributed by atoms with E-state index in [-0.39, 0.29) is 11.8 Å². The average Bonchev–Trinajstić information content (AvgIpc) is 2.72. The molecule has 0 fully saturated rings. The molecule has 29 heavy (non-hydrogen) atoms. The third-order valence-electron chi connectivity index (χ3n) is 4.26. The summed E-state index contributed by atoms with van der Waals surface area (Å²) in [5.41, 5.74) is 3.14. The van der Waals surface area contributed by atoms with Crippen molar-refractivity contribution in [3.05, 3.63) is 88.4 Å². The molecular weight excluding hydrogens is 388 g/mol. The lowest BCUT2D eigenvalue weighted by molar-refractivity contribution is 0.101. The summed E-state index contributed by atoms with van der Waals surface area (Å²) in [6, 6.07) is 19.2. The molecule has 0 bridgehead atoms. The minimum atomic E-state index is -0.282. The zero-order valence-electron chi connectivity index (χ0n) is 16.2. The maximum Gasteiger partial charge on any atom is 0.255 e. The van der Waals surface area contributed by atoms with Crippen LogP contribution in [0.4, 0.5) is 11.4 Å². The van der Waals surface area contributed by atoms with Crippen molar-refractivity contribution in [2.45, 2.75) is 13.8 Å². The average molecular weight is 409 g/mol. The predicted molar refractivity (Wildman–Crippen MR) is 116 cm³/mol. The van der Waals surface area contributed by atoms with Gasteiger partial charge in [0.25, 0.3) is 11.8 Å². The molecule has 148 valence electrons. The molecule has 0 radical (unpaired) electrons. The first kappa shape index (κ1) is 20.4. The van der Waals surface area contributed by atoms with Crippen LogP contribution in [0.5, 0.6) is 5.75 Å². The fraction of sp³-hybridized carbons (Fsp3) is 0.130. The summed E-state index contributed by atoms with van der Waals surface area (Å²) in [5, 5.41) is 6.10. The maximum absolute atomic E-state index is 12.5. The van der Waals surface area contributed by atoms with Gasteiger partial charge in [-0.25, -0.2) is 0 Å². The van der Waals surface area contributed by atoms with Crippen LogP contribution < -0.4 is 15.4 Å². The standard InChI is InChI=1S/C23H21ClN2O3/c1-3-29-21-12-9-17(14-19(21)24)23(28)25-18-10-11-20(15(2)13-18)26-22(27)16-7-5-4-6-8-16/h4-14H,3H2,1-2H3,(H,25,28)(H,26,27). The molecule has 0 aliphatic rings. The van der Waals surface area contributed by atoms with Crippen LogP contribution in [-0.2, 0) is 0 Å². The van der Waals surface area contributed by atoms with Crippen molar-refractivity contribution >= 4 is 34.8 Å². The second-order valence-corrected chi connectivity index (χ2v) is 6.79. The van der Waals surface area contributed by atoms with Crippen LogP contribution in [0.15, 0.2) is 66.7 Å². The van der Waals surface area contributed by atoms with Gasteiger partial charge < -0.3 is 15.4 Å². The first-order chi connectivity index (χ1) is 14.0. The molecule has 0 aliphatic heterocycles. The molecule has 0 heterocycles. The quantitative estimate of drug-likeness (QED) is 0.561. The Balaban J connectivity index is 1.69. The topological polar surface area (TPSA) is 67.4 Å². The van der Waals surface area contributed by atoms with E-state index in [4.69, 9.17) is 16.3 Å². The van der Waals surface area contributed by atoms with Gasteiger partial charge in [0.15, 0.2) is 0 Å². The highest BCUT2D eigenvalue weighted by atomic mass is 35.5. The second kappa shape index (κ2) is 9.26. The molecule has 3 aromatic rings. The maximum atomic E-state index is 12.5. The second-order valence-electron chi connectivity index (χ2n) is 6.38. The molecule has 5 nitrogen and oxygen atoms in total. The van der Waals surface area contributed by atoms with E-state index in [1.165, 1.54) is 0 Å². The van der Waals surface area contributed by atoms with Crippen molar-refractivity contribution in [3.8, 4) is 5.75 Å². The molecule has 0 aromatic heterocycles. The molecule has 2 amide bonds. The molecule has 0 unspecified atom stereocenters. The van der Waals surface area contributed by atoms with Gasteiger partial charge in [0.2, 0.25) is 0 Å². The lowest BCUT2D eigenvalue weighted by Crippen LogP contribution is -2.14. The number of hydrogen-bond donors (Lipinski definition) is 2. The minimum absolute atomic E-state index is 0.186. The van der Waals surface area contributed by atoms with Crippen molar-refractivity contribution in [2.75, 3.05) is 17.2 Å². The number of benzene rings is 3. The summed E-state index contributed by atoms with van der Waals surface area (Å²) < 4.78 is 5.38. The van der Waals surface area contributed by atoms with Crippen LogP contribution in [0.3, 0.4) is 0 Å². The Hall–Kier alpha value is -3.31. The van der Waals surface area contributed by atoms with E-state index < -0.39 is 0 Å². The van der Waals surface area contributed by atoms with Gasteiger partial charge >= 0.3 is 0 Å². The van der Waals surface area contributed by atoms with Gasteiger partial charge in [-0.2, -0.15) is 0 Å². The molecule has 6 heteroatoms. The van der Waals surface area contributed by atoms with Gasteiger partial charge in [0.05, 0.1) is 11.6 Å². The van der Waals surface area contributed by atoms with Crippen molar-refractivity contribution in [1.29, 1.82) is 0 Å². The molecule has 0 spiro atoms. The number of amides is 2. The normalized spacial score (nSPS) is 10.3. The summed E-state index contributed by atoms with van der Waals surface area (Å²) in [5.74, 6) is 0.0741. The number of carbonyl (C=O) groups is 2. The molecule has 0 aliphatic carbocycles. The van der Waals surface area contributed by atoms with Gasteiger partial charge in [-0.05, 0) is 67.9 Å². The summed E-state index contributed by atoms with van der Waals surface area (Å²) in [6.07, 6.45) is 0. The molecule has 0 saturated carbocycles. The van der Waals surface area contributed by atoms with E-state index in [0.29, 0.717) is 39.9 Å². The smallest absolute Gasteiger partial charge is 0.255 e. The van der Waals surface area contributed by atoms with Crippen LogP contribution >= 0.6 is 11.6 Å².